The fraction of sp³-hybridized carbons (Fsp3) is 0.571. The van der Waals surface area contributed by atoms with Crippen LogP contribution in [0.15, 0.2) is 24.4 Å². The van der Waals surface area contributed by atoms with Crippen LogP contribution in [0.25, 0.3) is 0 Å². The highest BCUT2D eigenvalue weighted by atomic mass is 16.2. The van der Waals surface area contributed by atoms with Crippen molar-refractivity contribution in [1.29, 1.82) is 0 Å². The van der Waals surface area contributed by atoms with Crippen molar-refractivity contribution in [3.63, 3.8) is 0 Å². The quantitative estimate of drug-likeness (QED) is 0.801. The first-order valence-corrected chi connectivity index (χ1v) is 6.47. The van der Waals surface area contributed by atoms with Crippen LogP contribution in [-0.2, 0) is 11.2 Å². The number of rotatable bonds is 3. The van der Waals surface area contributed by atoms with Crippen molar-refractivity contribution in [1.82, 2.24) is 9.88 Å². The smallest absolute Gasteiger partial charge is 0.222 e. The lowest BCUT2D eigenvalue weighted by Crippen LogP contribution is -2.40. The average molecular weight is 232 g/mol. The summed E-state index contributed by atoms with van der Waals surface area (Å²) in [6.07, 6.45) is 5.80. The molecule has 0 aromatic carbocycles. The maximum absolute atomic E-state index is 11.7. The van der Waals surface area contributed by atoms with E-state index in [2.05, 4.69) is 11.1 Å². The van der Waals surface area contributed by atoms with E-state index >= 15 is 0 Å². The molecule has 1 atom stereocenters. The third-order valence-corrected chi connectivity index (χ3v) is 3.40. The van der Waals surface area contributed by atoms with Crippen LogP contribution < -0.4 is 0 Å². The maximum atomic E-state index is 11.7. The minimum Gasteiger partial charge on any atom is -0.342 e. The predicted molar refractivity (Wildman–Crippen MR) is 67.5 cm³/mol. The first-order chi connectivity index (χ1) is 8.29. The lowest BCUT2D eigenvalue weighted by atomic mass is 9.93. The minimum atomic E-state index is 0.288. The number of hydrogen-bond acceptors (Lipinski definition) is 2. The zero-order valence-corrected chi connectivity index (χ0v) is 10.4. The summed E-state index contributed by atoms with van der Waals surface area (Å²) in [5.74, 6) is 0.866. The topological polar surface area (TPSA) is 33.2 Å². The molecule has 1 amide bonds. The van der Waals surface area contributed by atoms with Crippen molar-refractivity contribution in [2.75, 3.05) is 13.1 Å². The molecule has 1 aromatic heterocycles. The van der Waals surface area contributed by atoms with Crippen molar-refractivity contribution in [3.8, 4) is 0 Å². The van der Waals surface area contributed by atoms with Crippen molar-refractivity contribution in [2.24, 2.45) is 5.92 Å². The largest absolute Gasteiger partial charge is 0.342 e. The summed E-state index contributed by atoms with van der Waals surface area (Å²) in [7, 11) is 0. The Balaban J connectivity index is 1.92. The van der Waals surface area contributed by atoms with Gasteiger partial charge >= 0.3 is 0 Å². The molecule has 3 heteroatoms. The number of nitrogens with zero attached hydrogens (tertiary/aromatic N) is 2. The van der Waals surface area contributed by atoms with E-state index in [4.69, 9.17) is 0 Å². The van der Waals surface area contributed by atoms with Gasteiger partial charge in [-0.1, -0.05) is 13.0 Å². The van der Waals surface area contributed by atoms with Gasteiger partial charge in [-0.25, -0.2) is 0 Å². The number of carbonyl (C=O) groups excluding carboxylic acids is 1. The SMILES string of the molecule is CCC(=O)N1CCC[C@@H](Cc2ccccn2)C1. The Hall–Kier alpha value is -1.38. The van der Waals surface area contributed by atoms with E-state index in [9.17, 15) is 4.79 Å². The molecule has 0 spiro atoms. The Morgan fingerprint density at radius 2 is 2.41 bits per heavy atom. The standard InChI is InChI=1S/C14H20N2O/c1-2-14(17)16-9-5-6-12(11-16)10-13-7-3-4-8-15-13/h3-4,7-8,12H,2,5-6,9-11H2,1H3/t12-/m0/s1. The van der Waals surface area contributed by atoms with Crippen LogP contribution in [-0.4, -0.2) is 28.9 Å². The van der Waals surface area contributed by atoms with E-state index in [0.717, 1.165) is 31.6 Å². The van der Waals surface area contributed by atoms with Gasteiger partial charge in [0.15, 0.2) is 0 Å². The lowest BCUT2D eigenvalue weighted by molar-refractivity contribution is -0.132. The molecule has 0 radical (unpaired) electrons. The zero-order valence-electron chi connectivity index (χ0n) is 10.4. The van der Waals surface area contributed by atoms with Gasteiger partial charge in [0.05, 0.1) is 0 Å². The number of aromatic nitrogens is 1. The van der Waals surface area contributed by atoms with Gasteiger partial charge in [-0.3, -0.25) is 9.78 Å². The Kier molecular flexibility index (Phi) is 4.13. The van der Waals surface area contributed by atoms with Crippen molar-refractivity contribution < 1.29 is 4.79 Å². The minimum absolute atomic E-state index is 0.288. The van der Waals surface area contributed by atoms with E-state index in [1.807, 2.05) is 30.2 Å². The van der Waals surface area contributed by atoms with Gasteiger partial charge in [0.1, 0.15) is 0 Å². The summed E-state index contributed by atoms with van der Waals surface area (Å²) in [6, 6.07) is 6.04. The van der Waals surface area contributed by atoms with Gasteiger partial charge < -0.3 is 4.90 Å². The second kappa shape index (κ2) is 5.80. The second-order valence-electron chi connectivity index (χ2n) is 4.73. The fourth-order valence-corrected chi connectivity index (χ4v) is 2.50. The van der Waals surface area contributed by atoms with Crippen LogP contribution in [0, 0.1) is 5.92 Å². The molecule has 92 valence electrons. The van der Waals surface area contributed by atoms with Crippen molar-refractivity contribution in [2.45, 2.75) is 32.6 Å². The molecule has 0 bridgehead atoms. The average Bonchev–Trinajstić information content (AvgIpc) is 2.39. The maximum Gasteiger partial charge on any atom is 0.222 e. The van der Waals surface area contributed by atoms with Crippen LogP contribution in [0.5, 0.6) is 0 Å². The van der Waals surface area contributed by atoms with Gasteiger partial charge in [-0.15, -0.1) is 0 Å². The van der Waals surface area contributed by atoms with Gasteiger partial charge in [-0.05, 0) is 37.3 Å². The molecule has 3 nitrogen and oxygen atoms in total. The summed E-state index contributed by atoms with van der Waals surface area (Å²) >= 11 is 0. The Bertz CT molecular complexity index is 364. The predicted octanol–water partition coefficient (Wildman–Crippen LogP) is 2.27. The summed E-state index contributed by atoms with van der Waals surface area (Å²) in [6.45, 7) is 3.78. The van der Waals surface area contributed by atoms with Crippen molar-refractivity contribution >= 4 is 5.91 Å². The molecule has 1 fully saturated rings. The number of hydrogen-bond donors (Lipinski definition) is 0. The van der Waals surface area contributed by atoms with E-state index in [-0.39, 0.29) is 5.91 Å². The summed E-state index contributed by atoms with van der Waals surface area (Å²) in [5.41, 5.74) is 1.14. The van der Waals surface area contributed by atoms with E-state index < -0.39 is 0 Å². The number of piperidine rings is 1. The highest BCUT2D eigenvalue weighted by Gasteiger charge is 2.22. The van der Waals surface area contributed by atoms with E-state index in [1.165, 1.54) is 6.42 Å². The number of carbonyl (C=O) groups is 1. The number of pyridine rings is 1. The summed E-state index contributed by atoms with van der Waals surface area (Å²) in [4.78, 5) is 18.0. The van der Waals surface area contributed by atoms with Crippen LogP contribution in [0.4, 0.5) is 0 Å². The molecular weight excluding hydrogens is 212 g/mol. The number of amides is 1. The number of likely N-dealkylation sites (tertiary alicyclic amines) is 1. The van der Waals surface area contributed by atoms with Crippen molar-refractivity contribution in [3.05, 3.63) is 30.1 Å². The normalized spacial score (nSPS) is 20.3. The molecular formula is C14H20N2O. The first kappa shape index (κ1) is 12.1. The molecule has 0 N–H and O–H groups in total. The van der Waals surface area contributed by atoms with Crippen LogP contribution in [0.2, 0.25) is 0 Å². The van der Waals surface area contributed by atoms with E-state index in [0.29, 0.717) is 12.3 Å². The van der Waals surface area contributed by atoms with Crippen LogP contribution in [0.1, 0.15) is 31.9 Å². The molecule has 1 saturated heterocycles. The molecule has 17 heavy (non-hydrogen) atoms. The highest BCUT2D eigenvalue weighted by molar-refractivity contribution is 5.75. The lowest BCUT2D eigenvalue weighted by Gasteiger charge is -2.32. The fourth-order valence-electron chi connectivity index (χ4n) is 2.50. The van der Waals surface area contributed by atoms with Gasteiger partial charge in [0, 0.05) is 31.4 Å². The summed E-state index contributed by atoms with van der Waals surface area (Å²) in [5, 5.41) is 0. The zero-order chi connectivity index (χ0) is 12.1. The van der Waals surface area contributed by atoms with Gasteiger partial charge in [0.2, 0.25) is 5.91 Å². The molecule has 1 aliphatic rings. The van der Waals surface area contributed by atoms with Crippen LogP contribution >= 0.6 is 0 Å². The molecule has 0 unspecified atom stereocenters. The molecule has 1 aliphatic heterocycles. The molecule has 0 saturated carbocycles. The Labute approximate surface area is 103 Å². The van der Waals surface area contributed by atoms with E-state index in [1.54, 1.807) is 0 Å². The molecule has 1 aromatic rings. The second-order valence-corrected chi connectivity index (χ2v) is 4.73. The third kappa shape index (κ3) is 3.29. The Morgan fingerprint density at radius 1 is 1.53 bits per heavy atom. The highest BCUT2D eigenvalue weighted by Crippen LogP contribution is 2.20. The first-order valence-electron chi connectivity index (χ1n) is 6.47. The molecule has 2 heterocycles. The van der Waals surface area contributed by atoms with Gasteiger partial charge in [0.25, 0.3) is 0 Å². The van der Waals surface area contributed by atoms with Crippen LogP contribution in [0.3, 0.4) is 0 Å². The Morgan fingerprint density at radius 3 is 3.12 bits per heavy atom. The molecule has 0 aliphatic carbocycles. The molecule has 2 rings (SSSR count). The van der Waals surface area contributed by atoms with Gasteiger partial charge in [-0.2, -0.15) is 0 Å². The third-order valence-electron chi connectivity index (χ3n) is 3.40. The summed E-state index contributed by atoms with van der Waals surface area (Å²) < 4.78 is 0. The monoisotopic (exact) mass is 232 g/mol.